The average molecular weight is 1450 g/mol. The summed E-state index contributed by atoms with van der Waals surface area (Å²) in [6.07, 6.45) is 1.89. The van der Waals surface area contributed by atoms with Crippen LogP contribution in [0.5, 0.6) is 0 Å². The minimum atomic E-state index is -1.89. The van der Waals surface area contributed by atoms with Gasteiger partial charge in [-0.25, -0.2) is 4.39 Å². The summed E-state index contributed by atoms with van der Waals surface area (Å²) in [6, 6.07) is 13.1. The molecular weight excluding hydrogens is 1350 g/mol. The largest absolute Gasteiger partial charge is 0.481 e. The van der Waals surface area contributed by atoms with Crippen molar-refractivity contribution >= 4 is 88.6 Å². The summed E-state index contributed by atoms with van der Waals surface area (Å²) in [5, 5.41) is 52.7. The van der Waals surface area contributed by atoms with Crippen LogP contribution in [0.3, 0.4) is 0 Å². The van der Waals surface area contributed by atoms with Crippen LogP contribution in [0.15, 0.2) is 78.9 Å². The number of hydrogen-bond donors (Lipinski definition) is 15. The molecule has 0 spiro atoms. The van der Waals surface area contributed by atoms with E-state index in [1.807, 2.05) is 66.7 Å². The lowest BCUT2D eigenvalue weighted by molar-refractivity contribution is -0.143. The van der Waals surface area contributed by atoms with E-state index in [1.54, 1.807) is 12.1 Å². The van der Waals surface area contributed by atoms with Crippen molar-refractivity contribution in [3.05, 3.63) is 95.6 Å². The molecule has 2 saturated carbocycles. The van der Waals surface area contributed by atoms with Crippen molar-refractivity contribution in [1.82, 2.24) is 63.4 Å². The zero-order chi connectivity index (χ0) is 72.7. The van der Waals surface area contributed by atoms with Crippen molar-refractivity contribution in [2.24, 2.45) is 29.2 Å². The topological polar surface area (TPSA) is 416 Å². The first-order chi connectivity index (χ1) is 49.2. The summed E-state index contributed by atoms with van der Waals surface area (Å²) in [4.78, 5) is 159. The van der Waals surface area contributed by atoms with Crippen LogP contribution in [0.25, 0.3) is 11.1 Å². The number of halogens is 1. The number of nitrogens with two attached hydrogens (primary N) is 2. The number of rotatable bonds is 16. The number of nitrogens with one attached hydrogen (secondary N) is 11. The molecule has 2 bridgehead atoms. The maximum absolute atomic E-state index is 15.3. The smallest absolute Gasteiger partial charge is 0.305 e. The van der Waals surface area contributed by atoms with Gasteiger partial charge in [-0.1, -0.05) is 78.9 Å². The average Bonchev–Trinajstić information content (AvgIpc) is 1.62. The molecule has 102 heavy (non-hydrogen) atoms. The Morgan fingerprint density at radius 3 is 1.99 bits per heavy atom. The second-order valence-corrected chi connectivity index (χ2v) is 30.0. The molecule has 17 N–H and O–H groups in total. The number of nitrogens with zero attached hydrogens (tertiary/aromatic N) is 1. The van der Waals surface area contributed by atoms with Crippen molar-refractivity contribution in [3.63, 3.8) is 0 Å². The number of hydrogen-bond acceptors (Lipinski definition) is 18. The van der Waals surface area contributed by atoms with Gasteiger partial charge in [0.2, 0.25) is 59.1 Å². The van der Waals surface area contributed by atoms with Gasteiger partial charge >= 0.3 is 5.97 Å². The van der Waals surface area contributed by atoms with Crippen molar-refractivity contribution < 1.29 is 67.3 Å². The van der Waals surface area contributed by atoms with Crippen molar-refractivity contribution in [3.8, 4) is 11.1 Å². The lowest BCUT2D eigenvalue weighted by Crippen LogP contribution is -2.61. The predicted octanol–water partition coefficient (Wildman–Crippen LogP) is 1.02. The molecule has 3 saturated heterocycles. The monoisotopic (exact) mass is 1450 g/mol. The molecule has 10 amide bonds. The second kappa shape index (κ2) is 39.2. The van der Waals surface area contributed by atoms with Crippen LogP contribution in [0.1, 0.15) is 126 Å². The minimum Gasteiger partial charge on any atom is -0.481 e. The maximum atomic E-state index is 15.3. The molecule has 3 aromatic carbocycles. The molecular formula is C72H101FN14O13S2. The van der Waals surface area contributed by atoms with E-state index in [0.29, 0.717) is 107 Å². The van der Waals surface area contributed by atoms with E-state index < -0.39 is 151 Å². The number of carbonyl (C=O) groups is 11. The molecule has 0 aromatic heterocycles. The van der Waals surface area contributed by atoms with Gasteiger partial charge in [-0.3, -0.25) is 52.7 Å². The summed E-state index contributed by atoms with van der Waals surface area (Å²) in [5.74, 6) is -8.59. The van der Waals surface area contributed by atoms with E-state index in [1.165, 1.54) is 28.4 Å². The van der Waals surface area contributed by atoms with Gasteiger partial charge in [-0.15, -0.1) is 0 Å². The molecule has 0 radical (unpaired) electrons. The van der Waals surface area contributed by atoms with Crippen LogP contribution >= 0.6 is 23.5 Å². The number of aliphatic hydroxyl groups is 1. The summed E-state index contributed by atoms with van der Waals surface area (Å²) >= 11 is 2.87. The molecule has 4 heterocycles. The molecule has 2 aliphatic carbocycles. The van der Waals surface area contributed by atoms with Crippen molar-refractivity contribution in [2.45, 2.75) is 200 Å². The Kier molecular flexibility index (Phi) is 30.1. The van der Waals surface area contributed by atoms with E-state index in [0.717, 1.165) is 22.3 Å². The van der Waals surface area contributed by atoms with E-state index in [4.69, 9.17) is 11.5 Å². The molecule has 9 rings (SSSR count). The third kappa shape index (κ3) is 23.6. The maximum Gasteiger partial charge on any atom is 0.305 e. The van der Waals surface area contributed by atoms with Crippen LogP contribution in [0.4, 0.5) is 4.39 Å². The Bertz CT molecular complexity index is 3370. The number of fused-ring (bicyclic) bond motifs is 4. The number of aliphatic hydroxyl groups excluding tert-OH is 1. The number of alkyl halides is 1. The SMILES string of the molecule is NCCCC[C@@H]1NC(=O)CCSCc2cccc(c2)CSC[C@@H](C(N)=O)NC(=O)[C@@H]2CCCN2C(=O)[C@H](CC2CCC(O)CC2)NC(=O)[C@H](CC2CNCN2)NC(=O)[C@H](CC(=O)O)NC(=O)[C@H](CC2CNC3CCC(F)CC23)NC(=O)[C@H](Cc2ccc(-c3ccccc3)cc2)NC(=O)CNC1=O. The minimum absolute atomic E-state index is 0.0546. The summed E-state index contributed by atoms with van der Waals surface area (Å²) in [7, 11) is 0. The van der Waals surface area contributed by atoms with Crippen LogP contribution in [-0.4, -0.2) is 204 Å². The number of aliphatic carboxylic acids is 1. The highest BCUT2D eigenvalue weighted by Crippen LogP contribution is 2.38. The number of carbonyl (C=O) groups excluding carboxylic acids is 10. The Balaban J connectivity index is 1.03. The molecule has 13 atom stereocenters. The molecule has 3 aromatic rings. The van der Waals surface area contributed by atoms with Gasteiger partial charge in [0.25, 0.3) is 0 Å². The zero-order valence-corrected chi connectivity index (χ0v) is 59.3. The summed E-state index contributed by atoms with van der Waals surface area (Å²) in [6.45, 7) is 0.831. The van der Waals surface area contributed by atoms with E-state index in [2.05, 4.69) is 58.5 Å². The first-order valence-corrected chi connectivity index (χ1v) is 38.2. The highest BCUT2D eigenvalue weighted by atomic mass is 32.2. The van der Waals surface area contributed by atoms with Crippen LogP contribution < -0.4 is 70.0 Å². The molecule has 30 heteroatoms. The van der Waals surface area contributed by atoms with Gasteiger partial charge in [-0.05, 0) is 155 Å². The summed E-state index contributed by atoms with van der Waals surface area (Å²) < 4.78 is 15.3. The normalized spacial score (nSPS) is 30.0. The number of carboxylic acids is 1. The predicted molar refractivity (Wildman–Crippen MR) is 384 cm³/mol. The quantitative estimate of drug-likeness (QED) is 0.0890. The van der Waals surface area contributed by atoms with E-state index >= 15 is 23.6 Å². The summed E-state index contributed by atoms with van der Waals surface area (Å²) in [5.41, 5.74) is 16.0. The Morgan fingerprint density at radius 2 is 1.29 bits per heavy atom. The van der Waals surface area contributed by atoms with Crippen molar-refractivity contribution in [1.29, 1.82) is 0 Å². The number of carboxylic acid groups (broad SMARTS) is 1. The van der Waals surface area contributed by atoms with E-state index in [-0.39, 0.29) is 81.5 Å². The van der Waals surface area contributed by atoms with Gasteiger partial charge in [-0.2, -0.15) is 23.5 Å². The number of amides is 10. The highest BCUT2D eigenvalue weighted by molar-refractivity contribution is 7.98. The third-order valence-corrected chi connectivity index (χ3v) is 22.4. The standard InChI is InChI=1S/C72H101FN14O13S2/c73-49-20-23-53-52(32-49)48(35-77-53)31-56-68(96)84-58(34-64(91)92)70(98)83-57(33-50-36-76-41-79-50)69(97)85-59(30-43-16-21-51(88)22-17-43)72(100)87-26-7-13-61(87)71(99)86-60(65(75)93)40-102-39-45-9-6-8-44(28-45)38-101-27-24-62(89)80-54(12-4-5-25-74)66(94)78-37-63(90)81-55(67(95)82-56)29-42-14-18-47(19-15-42)46-10-2-1-3-11-46/h1-3,6,8-11,14-15,18-19,28,43,48-61,76-77,79,88H,4-5,7,12-13,16-17,20-27,29-41,74H2,(H2,75,93)(H,78,94)(H,80,89)(H,81,90)(H,82,95)(H,83,98)(H,84,96)(H,85,97)(H,86,99)(H,91,92)/t43?,48?,49?,50?,51?,52?,53?,54-,55-,56-,57-,58-,59-,60-,61-/m0/s1. The molecule has 5 fully saturated rings. The number of thioether (sulfide) groups is 2. The van der Waals surface area contributed by atoms with Crippen LogP contribution in [0.2, 0.25) is 0 Å². The van der Waals surface area contributed by atoms with Crippen LogP contribution in [0, 0.1) is 17.8 Å². The van der Waals surface area contributed by atoms with Gasteiger partial charge in [0.05, 0.1) is 19.1 Å². The highest BCUT2D eigenvalue weighted by Gasteiger charge is 2.45. The van der Waals surface area contributed by atoms with E-state index in [9.17, 15) is 43.8 Å². The van der Waals surface area contributed by atoms with Crippen molar-refractivity contribution in [2.75, 3.05) is 50.9 Å². The zero-order valence-electron chi connectivity index (χ0n) is 57.6. The lowest BCUT2D eigenvalue weighted by atomic mass is 9.77. The van der Waals surface area contributed by atoms with Gasteiger partial charge in [0, 0.05) is 67.7 Å². The van der Waals surface area contributed by atoms with Gasteiger partial charge < -0.3 is 85.1 Å². The first kappa shape index (κ1) is 78.4. The molecule has 27 nitrogen and oxygen atoms in total. The second-order valence-electron chi connectivity index (χ2n) is 27.9. The number of benzene rings is 3. The molecule has 5 unspecified atom stereocenters. The third-order valence-electron chi connectivity index (χ3n) is 20.3. The fourth-order valence-corrected chi connectivity index (χ4v) is 16.6. The Hall–Kier alpha value is -7.74. The number of primary amides is 1. The van der Waals surface area contributed by atoms with Gasteiger partial charge in [0.15, 0.2) is 0 Å². The Labute approximate surface area is 602 Å². The number of unbranched alkanes of at least 4 members (excludes halogenated alkanes) is 1. The Morgan fingerprint density at radius 1 is 0.627 bits per heavy atom. The molecule has 6 aliphatic rings. The fraction of sp³-hybridized carbons (Fsp3) is 0.597. The lowest BCUT2D eigenvalue weighted by Gasteiger charge is -2.34. The fourth-order valence-electron chi connectivity index (χ4n) is 14.7. The molecule has 4 aliphatic heterocycles. The van der Waals surface area contributed by atoms with Crippen LogP contribution in [-0.2, 0) is 70.7 Å². The molecule has 556 valence electrons. The van der Waals surface area contributed by atoms with Gasteiger partial charge in [0.1, 0.15) is 54.5 Å². The first-order valence-electron chi connectivity index (χ1n) is 35.9.